The summed E-state index contributed by atoms with van der Waals surface area (Å²) in [7, 11) is 4.68. The van der Waals surface area contributed by atoms with Crippen LogP contribution in [0.3, 0.4) is 0 Å². The Bertz CT molecular complexity index is 1530. The standard InChI is InChI=1S/C30H37N7O6/c1-30(2,3)43-29(39)35-12-9-21-22(16-35)32-28(34-27(21)37-11-7-8-19(37)10-13-38)33-25-17-36(18-31-25)20-14-23(40-4)26(42-6)24(15-20)41-5/h14-15,17-19,38H,7-9,11-12,16H2,1-6H3,(H,32,33,34). The Kier molecular flexibility index (Phi) is 8.38. The number of hydrogen-bond donors (Lipinski definition) is 2. The van der Waals surface area contributed by atoms with Crippen LogP contribution < -0.4 is 24.4 Å². The molecule has 43 heavy (non-hydrogen) atoms. The average Bonchev–Trinajstić information content (AvgIpc) is 3.64. The number of carbonyl (C=O) groups is 1. The summed E-state index contributed by atoms with van der Waals surface area (Å²) in [6.07, 6.45) is 7.44. The number of amides is 1. The van der Waals surface area contributed by atoms with Crippen LogP contribution in [-0.4, -0.2) is 81.7 Å². The van der Waals surface area contributed by atoms with Crippen molar-refractivity contribution in [2.45, 2.75) is 58.2 Å². The molecule has 2 N–H and O–H groups in total. The summed E-state index contributed by atoms with van der Waals surface area (Å²) < 4.78 is 23.9. The van der Waals surface area contributed by atoms with Gasteiger partial charge in [0.15, 0.2) is 17.3 Å². The van der Waals surface area contributed by atoms with E-state index in [1.54, 1.807) is 38.8 Å². The number of anilines is 3. The van der Waals surface area contributed by atoms with Crippen molar-refractivity contribution in [1.82, 2.24) is 24.4 Å². The van der Waals surface area contributed by atoms with Gasteiger partial charge in [-0.15, -0.1) is 0 Å². The topological polar surface area (TPSA) is 136 Å². The van der Waals surface area contributed by atoms with Crippen LogP contribution in [0, 0.1) is 12.0 Å². The molecule has 2 aliphatic heterocycles. The molecule has 4 heterocycles. The second-order valence-corrected chi connectivity index (χ2v) is 11.2. The van der Waals surface area contributed by atoms with Crippen molar-refractivity contribution in [3.8, 4) is 35.0 Å². The van der Waals surface area contributed by atoms with Crippen LogP contribution in [0.15, 0.2) is 24.7 Å². The number of nitrogens with one attached hydrogen (secondary N) is 1. The minimum absolute atomic E-state index is 0.167. The van der Waals surface area contributed by atoms with Crippen LogP contribution in [0.2, 0.25) is 0 Å². The lowest BCUT2D eigenvalue weighted by Crippen LogP contribution is -2.41. The second kappa shape index (κ2) is 12.2. The largest absolute Gasteiger partial charge is 0.493 e. The molecule has 0 aliphatic carbocycles. The molecule has 2 aromatic heterocycles. The van der Waals surface area contributed by atoms with E-state index >= 15 is 0 Å². The van der Waals surface area contributed by atoms with E-state index in [-0.39, 0.29) is 18.7 Å². The van der Waals surface area contributed by atoms with E-state index in [0.717, 1.165) is 42.1 Å². The predicted octanol–water partition coefficient (Wildman–Crippen LogP) is 4.03. The molecule has 1 aromatic carbocycles. The highest BCUT2D eigenvalue weighted by atomic mass is 16.6. The Morgan fingerprint density at radius 3 is 2.49 bits per heavy atom. The molecule has 0 saturated carbocycles. The quantitative estimate of drug-likeness (QED) is 0.386. The van der Waals surface area contributed by atoms with Crippen molar-refractivity contribution >= 4 is 23.7 Å². The first-order valence-electron chi connectivity index (χ1n) is 14.0. The van der Waals surface area contributed by atoms with Crippen LogP contribution >= 0.6 is 0 Å². The molecular formula is C30H37N7O6. The van der Waals surface area contributed by atoms with Crippen LogP contribution in [0.25, 0.3) is 5.69 Å². The first-order valence-corrected chi connectivity index (χ1v) is 14.0. The van der Waals surface area contributed by atoms with Crippen molar-refractivity contribution in [3.05, 3.63) is 35.9 Å². The van der Waals surface area contributed by atoms with E-state index in [1.807, 2.05) is 37.5 Å². The molecule has 0 bridgehead atoms. The van der Waals surface area contributed by atoms with Crippen molar-refractivity contribution in [1.29, 1.82) is 0 Å². The first kappa shape index (κ1) is 29.6. The van der Waals surface area contributed by atoms with E-state index in [4.69, 9.17) is 28.9 Å². The molecule has 1 atom stereocenters. The Morgan fingerprint density at radius 1 is 1.09 bits per heavy atom. The fourth-order valence-electron chi connectivity index (χ4n) is 5.29. The maximum atomic E-state index is 12.9. The summed E-state index contributed by atoms with van der Waals surface area (Å²) in [5.41, 5.74) is 1.82. The lowest BCUT2D eigenvalue weighted by molar-refractivity contribution is 0.0221. The van der Waals surface area contributed by atoms with Crippen LogP contribution in [0.5, 0.6) is 17.2 Å². The molecule has 5 rings (SSSR count). The third-order valence-electron chi connectivity index (χ3n) is 7.22. The van der Waals surface area contributed by atoms with Gasteiger partial charge in [0.1, 0.15) is 23.9 Å². The van der Waals surface area contributed by atoms with Gasteiger partial charge in [-0.05, 0) is 46.0 Å². The predicted molar refractivity (Wildman–Crippen MR) is 159 cm³/mol. The van der Waals surface area contributed by atoms with Gasteiger partial charge in [0.25, 0.3) is 0 Å². The molecule has 1 unspecified atom stereocenters. The maximum Gasteiger partial charge on any atom is 0.410 e. The summed E-state index contributed by atoms with van der Waals surface area (Å²) in [6, 6.07) is 3.47. The Labute approximate surface area is 250 Å². The SMILES string of the molecule is COc1cc(-n2cnc(Nc3nc4c(c(N5CCCC5C#CO)n3)CCN(C(=O)OC(C)(C)C)C4)c2)cc(OC)c1OC. The zero-order valence-corrected chi connectivity index (χ0v) is 25.3. The van der Waals surface area contributed by atoms with Crippen molar-refractivity contribution < 1.29 is 28.8 Å². The number of carbonyl (C=O) groups excluding carboxylic acids is 1. The number of aliphatic hydroxyl groups is 1. The summed E-state index contributed by atoms with van der Waals surface area (Å²) in [5.74, 6) is 6.00. The molecule has 13 nitrogen and oxygen atoms in total. The third-order valence-corrected chi connectivity index (χ3v) is 7.22. The highest BCUT2D eigenvalue weighted by molar-refractivity contribution is 5.69. The van der Waals surface area contributed by atoms with Crippen LogP contribution in [-0.2, 0) is 17.7 Å². The van der Waals surface area contributed by atoms with Crippen LogP contribution in [0.1, 0.15) is 44.9 Å². The van der Waals surface area contributed by atoms with Crippen molar-refractivity contribution in [3.63, 3.8) is 0 Å². The van der Waals surface area contributed by atoms with Gasteiger partial charge in [-0.25, -0.2) is 14.8 Å². The minimum atomic E-state index is -0.608. The number of ether oxygens (including phenoxy) is 4. The molecule has 3 aromatic rings. The highest BCUT2D eigenvalue weighted by Gasteiger charge is 2.33. The number of hydrogen-bond acceptors (Lipinski definition) is 11. The van der Waals surface area contributed by atoms with Crippen molar-refractivity contribution in [2.24, 2.45) is 0 Å². The number of nitrogens with zero attached hydrogens (tertiary/aromatic N) is 6. The van der Waals surface area contributed by atoms with E-state index in [2.05, 4.69) is 27.2 Å². The lowest BCUT2D eigenvalue weighted by Gasteiger charge is -2.33. The number of aliphatic hydroxyl groups excluding tert-OH is 1. The number of benzene rings is 1. The molecule has 0 spiro atoms. The molecule has 1 fully saturated rings. The van der Waals surface area contributed by atoms with Gasteiger partial charge in [0, 0.05) is 30.8 Å². The normalized spacial score (nSPS) is 16.2. The minimum Gasteiger partial charge on any atom is -0.493 e. The van der Waals surface area contributed by atoms with Gasteiger partial charge >= 0.3 is 6.09 Å². The molecule has 228 valence electrons. The lowest BCUT2D eigenvalue weighted by atomic mass is 10.0. The molecule has 2 aliphatic rings. The fraction of sp³-hybridized carbons (Fsp3) is 0.467. The van der Waals surface area contributed by atoms with E-state index < -0.39 is 5.60 Å². The molecule has 0 radical (unpaired) electrons. The second-order valence-electron chi connectivity index (χ2n) is 11.2. The summed E-state index contributed by atoms with van der Waals surface area (Å²) in [4.78, 5) is 30.9. The molecule has 13 heteroatoms. The van der Waals surface area contributed by atoms with Gasteiger partial charge in [-0.3, -0.25) is 0 Å². The number of rotatable bonds is 7. The smallest absolute Gasteiger partial charge is 0.410 e. The summed E-state index contributed by atoms with van der Waals surface area (Å²) in [6.45, 7) is 7.04. The third kappa shape index (κ3) is 6.33. The van der Waals surface area contributed by atoms with Gasteiger partial charge < -0.3 is 43.7 Å². The zero-order valence-electron chi connectivity index (χ0n) is 25.3. The Morgan fingerprint density at radius 2 is 1.84 bits per heavy atom. The monoisotopic (exact) mass is 591 g/mol. The number of fused-ring (bicyclic) bond motifs is 1. The van der Waals surface area contributed by atoms with Gasteiger partial charge in [-0.1, -0.05) is 0 Å². The van der Waals surface area contributed by atoms with Gasteiger partial charge in [-0.2, -0.15) is 4.98 Å². The maximum absolute atomic E-state index is 12.9. The Balaban J connectivity index is 1.48. The molecule has 1 amide bonds. The number of methoxy groups -OCH3 is 3. The fourth-order valence-corrected chi connectivity index (χ4v) is 5.29. The summed E-state index contributed by atoms with van der Waals surface area (Å²) >= 11 is 0. The van der Waals surface area contributed by atoms with Gasteiger partial charge in [0.05, 0.1) is 51.5 Å². The first-order chi connectivity index (χ1) is 20.6. The summed E-state index contributed by atoms with van der Waals surface area (Å²) in [5, 5.41) is 12.6. The van der Waals surface area contributed by atoms with Crippen molar-refractivity contribution in [2.75, 3.05) is 44.6 Å². The highest BCUT2D eigenvalue weighted by Crippen LogP contribution is 2.39. The van der Waals surface area contributed by atoms with E-state index in [1.165, 1.54) is 0 Å². The molecule has 1 saturated heterocycles. The average molecular weight is 592 g/mol. The van der Waals surface area contributed by atoms with Crippen LogP contribution in [0.4, 0.5) is 22.4 Å². The zero-order chi connectivity index (χ0) is 30.7. The number of imidazole rings is 1. The number of aromatic nitrogens is 4. The van der Waals surface area contributed by atoms with Gasteiger partial charge in [0.2, 0.25) is 11.7 Å². The Hall–Kier alpha value is -4.86. The van der Waals surface area contributed by atoms with E-state index in [9.17, 15) is 9.90 Å². The van der Waals surface area contributed by atoms with E-state index in [0.29, 0.717) is 42.0 Å². The molecular weight excluding hydrogens is 554 g/mol.